The summed E-state index contributed by atoms with van der Waals surface area (Å²) in [4.78, 5) is 27.7. The molecule has 3 rings (SSSR count). The van der Waals surface area contributed by atoms with Crippen LogP contribution in [0.1, 0.15) is 48.8 Å². The molecule has 28 heavy (non-hydrogen) atoms. The second-order valence-corrected chi connectivity index (χ2v) is 8.98. The molecule has 1 saturated carbocycles. The van der Waals surface area contributed by atoms with Gasteiger partial charge >= 0.3 is 0 Å². The number of rotatable bonds is 7. The van der Waals surface area contributed by atoms with Crippen LogP contribution < -0.4 is 5.32 Å². The zero-order chi connectivity index (χ0) is 20.3. The maximum Gasteiger partial charge on any atom is 0.293 e. The molecule has 0 amide bonds. The van der Waals surface area contributed by atoms with Crippen LogP contribution in [-0.2, 0) is 17.8 Å². The molecule has 0 spiro atoms. The molecular formula is C19H24N4O4S. The van der Waals surface area contributed by atoms with E-state index in [1.807, 2.05) is 6.92 Å². The van der Waals surface area contributed by atoms with Gasteiger partial charge in [-0.2, -0.15) is 0 Å². The first-order chi connectivity index (χ1) is 13.4. The van der Waals surface area contributed by atoms with Crippen molar-refractivity contribution in [2.45, 2.75) is 43.9 Å². The highest BCUT2D eigenvalue weighted by atomic mass is 32.2. The Labute approximate surface area is 166 Å². The predicted octanol–water partition coefficient (Wildman–Crippen LogP) is 3.05. The van der Waals surface area contributed by atoms with Crippen LogP contribution in [0.5, 0.6) is 0 Å². The molecule has 9 heteroatoms. The lowest BCUT2D eigenvalue weighted by Crippen LogP contribution is -2.33. The Morgan fingerprint density at radius 2 is 2.21 bits per heavy atom. The van der Waals surface area contributed by atoms with Crippen LogP contribution in [-0.4, -0.2) is 41.5 Å². The second kappa shape index (κ2) is 8.64. The Morgan fingerprint density at radius 3 is 2.86 bits per heavy atom. The minimum absolute atomic E-state index is 0.0315. The van der Waals surface area contributed by atoms with Crippen LogP contribution in [0.3, 0.4) is 0 Å². The summed E-state index contributed by atoms with van der Waals surface area (Å²) in [6.07, 6.45) is 6.64. The van der Waals surface area contributed by atoms with Crippen LogP contribution in [0, 0.1) is 10.1 Å². The number of nitrogens with one attached hydrogen (secondary N) is 1. The number of aromatic nitrogens is 2. The van der Waals surface area contributed by atoms with Gasteiger partial charge < -0.3 is 9.88 Å². The molecule has 3 atom stereocenters. The summed E-state index contributed by atoms with van der Waals surface area (Å²) in [6.45, 7) is 1.91. The van der Waals surface area contributed by atoms with E-state index in [9.17, 15) is 19.1 Å². The Balaban J connectivity index is 1.82. The lowest BCUT2D eigenvalue weighted by atomic mass is 9.94. The molecule has 0 radical (unpaired) electrons. The fourth-order valence-electron chi connectivity index (χ4n) is 3.63. The first-order valence-electron chi connectivity index (χ1n) is 9.34. The fraction of sp³-hybridized carbons (Fsp3) is 0.474. The van der Waals surface area contributed by atoms with Crippen LogP contribution >= 0.6 is 0 Å². The van der Waals surface area contributed by atoms with E-state index in [-0.39, 0.29) is 34.2 Å². The lowest BCUT2D eigenvalue weighted by Gasteiger charge is -2.29. The monoisotopic (exact) mass is 404 g/mol. The van der Waals surface area contributed by atoms with Gasteiger partial charge in [0.05, 0.1) is 4.92 Å². The van der Waals surface area contributed by atoms with Gasteiger partial charge in [-0.25, -0.2) is 4.98 Å². The molecule has 1 aliphatic rings. The van der Waals surface area contributed by atoms with Crippen molar-refractivity contribution in [1.29, 1.82) is 0 Å². The van der Waals surface area contributed by atoms with Crippen molar-refractivity contribution in [2.75, 3.05) is 11.1 Å². The van der Waals surface area contributed by atoms with E-state index in [0.29, 0.717) is 11.4 Å². The molecule has 1 fully saturated rings. The van der Waals surface area contributed by atoms with Gasteiger partial charge in [-0.3, -0.25) is 19.1 Å². The quantitative estimate of drug-likeness (QED) is 0.432. The zero-order valence-corrected chi connectivity index (χ0v) is 16.8. The zero-order valence-electron chi connectivity index (χ0n) is 16.0. The number of aryl methyl sites for hydroxylation is 1. The topological polar surface area (TPSA) is 107 Å². The summed E-state index contributed by atoms with van der Waals surface area (Å²) in [7, 11) is 0.835. The van der Waals surface area contributed by atoms with Crippen LogP contribution in [0.4, 0.5) is 11.4 Å². The van der Waals surface area contributed by atoms with E-state index in [1.54, 1.807) is 29.9 Å². The summed E-state index contributed by atoms with van der Waals surface area (Å²) >= 11 is 0. The first kappa shape index (κ1) is 20.2. The fourth-order valence-corrected chi connectivity index (χ4v) is 4.98. The maximum absolute atomic E-state index is 12.6. The van der Waals surface area contributed by atoms with E-state index in [0.717, 1.165) is 25.7 Å². The Kier molecular flexibility index (Phi) is 6.23. The number of carbonyl (C=O) groups is 1. The highest BCUT2D eigenvalue weighted by Gasteiger charge is 2.28. The predicted molar refractivity (Wildman–Crippen MR) is 108 cm³/mol. The molecule has 1 aromatic carbocycles. The third-order valence-electron chi connectivity index (χ3n) is 5.12. The number of nitro benzene ring substituents is 1. The highest BCUT2D eigenvalue weighted by molar-refractivity contribution is 7.85. The van der Waals surface area contributed by atoms with E-state index < -0.39 is 15.7 Å². The van der Waals surface area contributed by atoms with Gasteiger partial charge in [0.25, 0.3) is 5.69 Å². The molecule has 0 bridgehead atoms. The SMILES string of the molecule is CCS(=O)C1CCCC(Nc2ccc(C(=O)c3nccn3C)cc2[N+](=O)[O-])C1. The smallest absolute Gasteiger partial charge is 0.293 e. The molecule has 8 nitrogen and oxygen atoms in total. The minimum atomic E-state index is -0.863. The molecule has 2 aromatic rings. The highest BCUT2D eigenvalue weighted by Crippen LogP contribution is 2.31. The summed E-state index contributed by atoms with van der Waals surface area (Å²) in [6, 6.07) is 4.49. The number of nitro groups is 1. The van der Waals surface area contributed by atoms with Crippen molar-refractivity contribution in [3.8, 4) is 0 Å². The first-order valence-corrected chi connectivity index (χ1v) is 10.7. The Bertz CT molecular complexity index is 911. The summed E-state index contributed by atoms with van der Waals surface area (Å²) < 4.78 is 13.7. The van der Waals surface area contributed by atoms with Crippen molar-refractivity contribution in [3.05, 3.63) is 52.1 Å². The van der Waals surface area contributed by atoms with Gasteiger partial charge in [-0.05, 0) is 31.4 Å². The van der Waals surface area contributed by atoms with Crippen molar-refractivity contribution >= 4 is 28.0 Å². The molecule has 1 N–H and O–H groups in total. The molecule has 0 saturated heterocycles. The minimum Gasteiger partial charge on any atom is -0.377 e. The van der Waals surface area contributed by atoms with E-state index in [1.165, 1.54) is 12.3 Å². The normalized spacial score (nSPS) is 20.5. The standard InChI is InChI=1S/C19H24N4O4S/c1-3-28(27)15-6-4-5-14(12-15)21-16-8-7-13(11-17(16)23(25)26)18(24)19-20-9-10-22(19)2/h7-11,14-15,21H,3-6,12H2,1-2H3. The lowest BCUT2D eigenvalue weighted by molar-refractivity contribution is -0.384. The van der Waals surface area contributed by atoms with Crippen LogP contribution in [0.25, 0.3) is 0 Å². The number of ketones is 1. The third kappa shape index (κ3) is 4.30. The van der Waals surface area contributed by atoms with E-state index >= 15 is 0 Å². The number of imidazole rings is 1. The average Bonchev–Trinajstić information content (AvgIpc) is 3.13. The number of benzene rings is 1. The van der Waals surface area contributed by atoms with Crippen molar-refractivity contribution in [2.24, 2.45) is 7.05 Å². The summed E-state index contributed by atoms with van der Waals surface area (Å²) in [5, 5.41) is 15.0. The third-order valence-corrected chi connectivity index (χ3v) is 6.86. The van der Waals surface area contributed by atoms with Gasteiger partial charge in [0.1, 0.15) is 5.69 Å². The number of hydrogen-bond acceptors (Lipinski definition) is 6. The van der Waals surface area contributed by atoms with Gasteiger partial charge in [0, 0.05) is 58.9 Å². The summed E-state index contributed by atoms with van der Waals surface area (Å²) in [5.74, 6) is 0.493. The molecule has 1 aromatic heterocycles. The molecule has 1 aliphatic carbocycles. The number of anilines is 1. The second-order valence-electron chi connectivity index (χ2n) is 6.98. The molecule has 150 valence electrons. The Hall–Kier alpha value is -2.55. The van der Waals surface area contributed by atoms with Crippen molar-refractivity contribution in [1.82, 2.24) is 9.55 Å². The summed E-state index contributed by atoms with van der Waals surface area (Å²) in [5.41, 5.74) is 0.466. The van der Waals surface area contributed by atoms with E-state index in [4.69, 9.17) is 0 Å². The molecule has 3 unspecified atom stereocenters. The number of nitrogens with zero attached hydrogens (tertiary/aromatic N) is 3. The largest absolute Gasteiger partial charge is 0.377 e. The van der Waals surface area contributed by atoms with Crippen molar-refractivity contribution in [3.63, 3.8) is 0 Å². The van der Waals surface area contributed by atoms with Gasteiger partial charge in [0.15, 0.2) is 5.82 Å². The van der Waals surface area contributed by atoms with Gasteiger partial charge in [-0.15, -0.1) is 0 Å². The Morgan fingerprint density at radius 1 is 1.43 bits per heavy atom. The average molecular weight is 404 g/mol. The maximum atomic E-state index is 12.6. The van der Waals surface area contributed by atoms with Crippen LogP contribution in [0.2, 0.25) is 0 Å². The van der Waals surface area contributed by atoms with E-state index in [2.05, 4.69) is 10.3 Å². The number of hydrogen-bond donors (Lipinski definition) is 1. The number of carbonyl (C=O) groups excluding carboxylic acids is 1. The molecule has 0 aliphatic heterocycles. The van der Waals surface area contributed by atoms with Crippen molar-refractivity contribution < 1.29 is 13.9 Å². The molecule has 1 heterocycles. The van der Waals surface area contributed by atoms with Gasteiger partial charge in [0.2, 0.25) is 5.78 Å². The molecular weight excluding hydrogens is 380 g/mol. The van der Waals surface area contributed by atoms with Gasteiger partial charge in [-0.1, -0.05) is 13.3 Å². The van der Waals surface area contributed by atoms with Crippen LogP contribution in [0.15, 0.2) is 30.6 Å².